The normalized spacial score (nSPS) is 16.6. The first-order valence-electron chi connectivity index (χ1n) is 9.79. The van der Waals surface area contributed by atoms with Crippen molar-refractivity contribution < 1.29 is 13.7 Å². The Bertz CT molecular complexity index is 1000. The van der Waals surface area contributed by atoms with E-state index in [1.807, 2.05) is 36.1 Å². The lowest BCUT2D eigenvalue weighted by Crippen LogP contribution is -2.42. The third-order valence-corrected chi connectivity index (χ3v) is 5.24. The number of urea groups is 1. The molecule has 1 atom stereocenters. The minimum Gasteiger partial charge on any atom is -0.339 e. The topological polar surface area (TPSA) is 71.3 Å². The van der Waals surface area contributed by atoms with Crippen molar-refractivity contribution >= 4 is 11.7 Å². The molecule has 2 amide bonds. The Morgan fingerprint density at radius 2 is 2.03 bits per heavy atom. The largest absolute Gasteiger partial charge is 0.339 e. The number of aryl methyl sites for hydroxylation is 1. The Morgan fingerprint density at radius 3 is 2.86 bits per heavy atom. The number of carbonyl (C=O) groups excluding carboxylic acids is 1. The van der Waals surface area contributed by atoms with Gasteiger partial charge in [-0.15, -0.1) is 0 Å². The van der Waals surface area contributed by atoms with Gasteiger partial charge < -0.3 is 14.7 Å². The predicted molar refractivity (Wildman–Crippen MR) is 108 cm³/mol. The van der Waals surface area contributed by atoms with Gasteiger partial charge >= 0.3 is 6.03 Å². The fraction of sp³-hybridized carbons (Fsp3) is 0.318. The second-order valence-electron chi connectivity index (χ2n) is 7.40. The highest BCUT2D eigenvalue weighted by Gasteiger charge is 2.26. The molecule has 1 aliphatic rings. The van der Waals surface area contributed by atoms with E-state index in [4.69, 9.17) is 4.52 Å². The molecule has 4 rings (SSSR count). The number of hydrogen-bond donors (Lipinski definition) is 1. The van der Waals surface area contributed by atoms with Crippen LogP contribution < -0.4 is 5.32 Å². The number of likely N-dealkylation sites (tertiary alicyclic amines) is 1. The summed E-state index contributed by atoms with van der Waals surface area (Å²) in [6.07, 6.45) is 2.46. The number of anilines is 1. The number of carbonyl (C=O) groups is 1. The Hall–Kier alpha value is -3.22. The lowest BCUT2D eigenvalue weighted by molar-refractivity contribution is 0.173. The van der Waals surface area contributed by atoms with Gasteiger partial charge in [0.1, 0.15) is 5.82 Å². The molecule has 0 bridgehead atoms. The van der Waals surface area contributed by atoms with Gasteiger partial charge in [0.05, 0.1) is 5.56 Å². The highest BCUT2D eigenvalue weighted by molar-refractivity contribution is 5.90. The van der Waals surface area contributed by atoms with Gasteiger partial charge in [-0.05, 0) is 49.4 Å². The molecule has 29 heavy (non-hydrogen) atoms. The summed E-state index contributed by atoms with van der Waals surface area (Å²) < 4.78 is 19.3. The van der Waals surface area contributed by atoms with E-state index in [2.05, 4.69) is 15.5 Å². The second kappa shape index (κ2) is 8.43. The first-order chi connectivity index (χ1) is 14.1. The molecular weight excluding hydrogens is 371 g/mol. The van der Waals surface area contributed by atoms with E-state index in [1.54, 1.807) is 18.2 Å². The third kappa shape index (κ3) is 4.45. The summed E-state index contributed by atoms with van der Waals surface area (Å²) >= 11 is 0. The predicted octanol–water partition coefficient (Wildman–Crippen LogP) is 4.67. The quantitative estimate of drug-likeness (QED) is 0.698. The Kier molecular flexibility index (Phi) is 5.55. The maximum absolute atomic E-state index is 13.9. The summed E-state index contributed by atoms with van der Waals surface area (Å²) in [5, 5.41) is 6.90. The summed E-state index contributed by atoms with van der Waals surface area (Å²) in [5.74, 6) is 0.564. The van der Waals surface area contributed by atoms with Gasteiger partial charge in [0, 0.05) is 25.2 Å². The Balaban J connectivity index is 1.39. The SMILES string of the molecule is Cc1ccccc1NC(=O)N1CCC[C@H](Cc2nc(-c3ccccc3F)no2)C1. The molecule has 0 aliphatic carbocycles. The lowest BCUT2D eigenvalue weighted by atomic mass is 9.95. The monoisotopic (exact) mass is 394 g/mol. The zero-order valence-electron chi connectivity index (χ0n) is 16.3. The van der Waals surface area contributed by atoms with Crippen LogP contribution in [0.15, 0.2) is 53.1 Å². The summed E-state index contributed by atoms with van der Waals surface area (Å²) in [4.78, 5) is 18.8. The van der Waals surface area contributed by atoms with Crippen molar-refractivity contribution in [1.82, 2.24) is 15.0 Å². The summed E-state index contributed by atoms with van der Waals surface area (Å²) in [6.45, 7) is 3.31. The Labute approximate surface area is 168 Å². The van der Waals surface area contributed by atoms with Gasteiger partial charge in [-0.2, -0.15) is 4.98 Å². The van der Waals surface area contributed by atoms with Crippen molar-refractivity contribution in [2.75, 3.05) is 18.4 Å². The van der Waals surface area contributed by atoms with Gasteiger partial charge in [-0.25, -0.2) is 9.18 Å². The molecule has 2 heterocycles. The fourth-order valence-corrected chi connectivity index (χ4v) is 3.66. The van der Waals surface area contributed by atoms with Crippen LogP contribution in [0, 0.1) is 18.7 Å². The van der Waals surface area contributed by atoms with E-state index in [0.29, 0.717) is 24.4 Å². The maximum atomic E-state index is 13.9. The molecule has 1 aromatic heterocycles. The van der Waals surface area contributed by atoms with Crippen molar-refractivity contribution in [2.24, 2.45) is 5.92 Å². The number of aromatic nitrogens is 2. The van der Waals surface area contributed by atoms with Crippen molar-refractivity contribution in [3.63, 3.8) is 0 Å². The molecule has 0 unspecified atom stereocenters. The van der Waals surface area contributed by atoms with Crippen molar-refractivity contribution in [2.45, 2.75) is 26.2 Å². The van der Waals surface area contributed by atoms with Crippen molar-refractivity contribution in [1.29, 1.82) is 0 Å². The van der Waals surface area contributed by atoms with E-state index in [-0.39, 0.29) is 23.6 Å². The van der Waals surface area contributed by atoms with Crippen LogP contribution in [0.5, 0.6) is 0 Å². The summed E-state index contributed by atoms with van der Waals surface area (Å²) in [7, 11) is 0. The number of hydrogen-bond acceptors (Lipinski definition) is 4. The second-order valence-corrected chi connectivity index (χ2v) is 7.40. The van der Waals surface area contributed by atoms with E-state index >= 15 is 0 Å². The summed E-state index contributed by atoms with van der Waals surface area (Å²) in [6, 6.07) is 14.0. The zero-order chi connectivity index (χ0) is 20.2. The van der Waals surface area contributed by atoms with E-state index in [0.717, 1.165) is 30.6 Å². The average molecular weight is 394 g/mol. The molecular formula is C22H23FN4O2. The van der Waals surface area contributed by atoms with E-state index in [9.17, 15) is 9.18 Å². The number of nitrogens with zero attached hydrogens (tertiary/aromatic N) is 3. The summed E-state index contributed by atoms with van der Waals surface area (Å²) in [5.41, 5.74) is 2.18. The van der Waals surface area contributed by atoms with Gasteiger partial charge in [-0.3, -0.25) is 0 Å². The fourth-order valence-electron chi connectivity index (χ4n) is 3.66. The molecule has 6 nitrogen and oxygen atoms in total. The number of piperidine rings is 1. The van der Waals surface area contributed by atoms with E-state index < -0.39 is 0 Å². The molecule has 0 spiro atoms. The van der Waals surface area contributed by atoms with Crippen LogP contribution in [-0.2, 0) is 6.42 Å². The molecule has 7 heteroatoms. The van der Waals surface area contributed by atoms with Gasteiger partial charge in [0.25, 0.3) is 0 Å². The number of rotatable bonds is 4. The van der Waals surface area contributed by atoms with Crippen LogP contribution in [0.25, 0.3) is 11.4 Å². The first-order valence-corrected chi connectivity index (χ1v) is 9.79. The molecule has 1 saturated heterocycles. The number of para-hydroxylation sites is 1. The molecule has 3 aromatic rings. The van der Waals surface area contributed by atoms with Crippen LogP contribution >= 0.6 is 0 Å². The molecule has 0 radical (unpaired) electrons. The van der Waals surface area contributed by atoms with E-state index in [1.165, 1.54) is 6.07 Å². The maximum Gasteiger partial charge on any atom is 0.321 e. The first kappa shape index (κ1) is 19.1. The highest BCUT2D eigenvalue weighted by Crippen LogP contribution is 2.24. The smallest absolute Gasteiger partial charge is 0.321 e. The molecule has 2 aromatic carbocycles. The highest BCUT2D eigenvalue weighted by atomic mass is 19.1. The number of amides is 2. The molecule has 1 fully saturated rings. The van der Waals surface area contributed by atoms with Crippen LogP contribution in [0.2, 0.25) is 0 Å². The third-order valence-electron chi connectivity index (χ3n) is 5.24. The van der Waals surface area contributed by atoms with Crippen LogP contribution in [0.3, 0.4) is 0 Å². The molecule has 1 aliphatic heterocycles. The number of nitrogens with one attached hydrogen (secondary N) is 1. The zero-order valence-corrected chi connectivity index (χ0v) is 16.3. The average Bonchev–Trinajstić information content (AvgIpc) is 3.18. The van der Waals surface area contributed by atoms with Crippen LogP contribution in [0.1, 0.15) is 24.3 Å². The van der Waals surface area contributed by atoms with Gasteiger partial charge in [0.15, 0.2) is 0 Å². The molecule has 150 valence electrons. The lowest BCUT2D eigenvalue weighted by Gasteiger charge is -2.32. The van der Waals surface area contributed by atoms with Crippen LogP contribution in [-0.4, -0.2) is 34.2 Å². The van der Waals surface area contributed by atoms with Crippen molar-refractivity contribution in [3.8, 4) is 11.4 Å². The minimum absolute atomic E-state index is 0.0958. The van der Waals surface area contributed by atoms with Crippen LogP contribution in [0.4, 0.5) is 14.9 Å². The van der Waals surface area contributed by atoms with Gasteiger partial charge in [-0.1, -0.05) is 35.5 Å². The molecule has 0 saturated carbocycles. The number of benzene rings is 2. The number of halogens is 1. The molecule has 1 N–H and O–H groups in total. The minimum atomic E-state index is -0.378. The standard InChI is InChI=1S/C22H23FN4O2/c1-15-7-2-5-11-19(15)24-22(28)27-12-6-8-16(14-27)13-20-25-21(26-29-20)17-9-3-4-10-18(17)23/h2-5,7,9-11,16H,6,8,12-14H2,1H3,(H,24,28)/t16-/m1/s1. The Morgan fingerprint density at radius 1 is 1.24 bits per heavy atom. The van der Waals surface area contributed by atoms with Gasteiger partial charge in [0.2, 0.25) is 11.7 Å². The van der Waals surface area contributed by atoms with Crippen molar-refractivity contribution in [3.05, 3.63) is 65.8 Å².